The van der Waals surface area contributed by atoms with Crippen molar-refractivity contribution in [1.29, 1.82) is 0 Å². The molecule has 25 heavy (non-hydrogen) atoms. The van der Waals surface area contributed by atoms with Crippen LogP contribution in [0.15, 0.2) is 12.3 Å². The molecule has 7 heteroatoms. The second kappa shape index (κ2) is 7.37. The van der Waals surface area contributed by atoms with Gasteiger partial charge in [0, 0.05) is 19.0 Å². The van der Waals surface area contributed by atoms with Gasteiger partial charge >= 0.3 is 0 Å². The molecule has 2 heterocycles. The van der Waals surface area contributed by atoms with Gasteiger partial charge in [0.2, 0.25) is 17.7 Å². The smallest absolute Gasteiger partial charge is 0.233 e. The predicted octanol–water partition coefficient (Wildman–Crippen LogP) is 2.36. The number of rotatable bonds is 6. The molecule has 1 saturated carbocycles. The predicted molar refractivity (Wildman–Crippen MR) is 92.6 cm³/mol. The SMILES string of the molecule is CC[C@H](C)n1nccc1NC(=O)CCN1C(=O)[C@H]2CCCC[C@@H]2C1=O. The summed E-state index contributed by atoms with van der Waals surface area (Å²) in [6.07, 6.45) is 6.28. The fraction of sp³-hybridized carbons (Fsp3) is 0.667. The molecule has 0 bridgehead atoms. The Hall–Kier alpha value is -2.18. The standard InChI is InChI=1S/C18H26N4O3/c1-3-12(2)22-15(8-10-19-22)20-16(23)9-11-21-17(24)13-6-4-5-7-14(13)18(21)25/h8,10,12-14H,3-7,9,11H2,1-2H3,(H,20,23)/t12-,13-,14-/m0/s1. The van der Waals surface area contributed by atoms with Gasteiger partial charge in [-0.3, -0.25) is 19.3 Å². The van der Waals surface area contributed by atoms with E-state index in [9.17, 15) is 14.4 Å². The zero-order valence-electron chi connectivity index (χ0n) is 14.9. The summed E-state index contributed by atoms with van der Waals surface area (Å²) >= 11 is 0. The first-order valence-electron chi connectivity index (χ1n) is 9.21. The first-order valence-corrected chi connectivity index (χ1v) is 9.21. The normalized spacial score (nSPS) is 24.3. The zero-order chi connectivity index (χ0) is 18.0. The fourth-order valence-electron chi connectivity index (χ4n) is 3.81. The highest BCUT2D eigenvalue weighted by atomic mass is 16.2. The maximum atomic E-state index is 12.4. The van der Waals surface area contributed by atoms with Crippen molar-refractivity contribution in [1.82, 2.24) is 14.7 Å². The number of anilines is 1. The number of imide groups is 1. The molecule has 0 unspecified atom stereocenters. The van der Waals surface area contributed by atoms with Gasteiger partial charge in [0.25, 0.3) is 0 Å². The molecule has 2 fully saturated rings. The summed E-state index contributed by atoms with van der Waals surface area (Å²) in [5.41, 5.74) is 0. The van der Waals surface area contributed by atoms with E-state index in [-0.39, 0.29) is 48.6 Å². The summed E-state index contributed by atoms with van der Waals surface area (Å²) in [5, 5.41) is 7.07. The molecular weight excluding hydrogens is 320 g/mol. The minimum atomic E-state index is -0.208. The van der Waals surface area contributed by atoms with E-state index in [0.717, 1.165) is 32.1 Å². The molecular formula is C18H26N4O3. The van der Waals surface area contributed by atoms with E-state index in [0.29, 0.717) is 5.82 Å². The monoisotopic (exact) mass is 346 g/mol. The average molecular weight is 346 g/mol. The van der Waals surface area contributed by atoms with Crippen LogP contribution >= 0.6 is 0 Å². The number of aromatic nitrogens is 2. The van der Waals surface area contributed by atoms with Crippen molar-refractivity contribution in [2.75, 3.05) is 11.9 Å². The summed E-state index contributed by atoms with van der Waals surface area (Å²) in [4.78, 5) is 38.4. The van der Waals surface area contributed by atoms with Crippen LogP contribution in [0.3, 0.4) is 0 Å². The van der Waals surface area contributed by atoms with Gasteiger partial charge in [-0.2, -0.15) is 5.10 Å². The molecule has 7 nitrogen and oxygen atoms in total. The highest BCUT2D eigenvalue weighted by Gasteiger charge is 2.47. The van der Waals surface area contributed by atoms with Crippen LogP contribution in [0.5, 0.6) is 0 Å². The number of nitrogens with one attached hydrogen (secondary N) is 1. The number of fused-ring (bicyclic) bond motifs is 1. The molecule has 1 N–H and O–H groups in total. The van der Waals surface area contributed by atoms with Crippen molar-refractivity contribution in [2.24, 2.45) is 11.8 Å². The Balaban J connectivity index is 1.57. The van der Waals surface area contributed by atoms with E-state index < -0.39 is 0 Å². The molecule has 3 amide bonds. The van der Waals surface area contributed by atoms with Gasteiger partial charge in [-0.15, -0.1) is 0 Å². The molecule has 136 valence electrons. The highest BCUT2D eigenvalue weighted by Crippen LogP contribution is 2.37. The van der Waals surface area contributed by atoms with Crippen LogP contribution in [0.4, 0.5) is 5.82 Å². The highest BCUT2D eigenvalue weighted by molar-refractivity contribution is 6.05. The van der Waals surface area contributed by atoms with Gasteiger partial charge in [-0.05, 0) is 26.2 Å². The quantitative estimate of drug-likeness (QED) is 0.802. The average Bonchev–Trinajstić information content (AvgIpc) is 3.17. The Kier molecular flexibility index (Phi) is 5.20. The van der Waals surface area contributed by atoms with Crippen LogP contribution < -0.4 is 5.32 Å². The third kappa shape index (κ3) is 3.45. The molecule has 1 aromatic rings. The molecule has 1 aliphatic heterocycles. The first kappa shape index (κ1) is 17.6. The number of carbonyl (C=O) groups excluding carboxylic acids is 3. The summed E-state index contributed by atoms with van der Waals surface area (Å²) in [6, 6.07) is 1.94. The van der Waals surface area contributed by atoms with E-state index in [1.165, 1.54) is 4.90 Å². The lowest BCUT2D eigenvalue weighted by Crippen LogP contribution is -2.34. The number of carbonyl (C=O) groups is 3. The molecule has 0 aromatic carbocycles. The summed E-state index contributed by atoms with van der Waals surface area (Å²) in [5.74, 6) is -0.0563. The zero-order valence-corrected chi connectivity index (χ0v) is 14.9. The van der Waals surface area contributed by atoms with E-state index >= 15 is 0 Å². The molecule has 0 radical (unpaired) electrons. The molecule has 3 rings (SSSR count). The van der Waals surface area contributed by atoms with E-state index in [4.69, 9.17) is 0 Å². The van der Waals surface area contributed by atoms with Gasteiger partial charge < -0.3 is 5.32 Å². The lowest BCUT2D eigenvalue weighted by Gasteiger charge is -2.19. The van der Waals surface area contributed by atoms with Gasteiger partial charge in [0.15, 0.2) is 0 Å². The number of amides is 3. The topological polar surface area (TPSA) is 84.3 Å². The Morgan fingerprint density at radius 1 is 1.28 bits per heavy atom. The van der Waals surface area contributed by atoms with Crippen LogP contribution in [0.1, 0.15) is 58.4 Å². The Morgan fingerprint density at radius 3 is 2.52 bits per heavy atom. The van der Waals surface area contributed by atoms with Crippen molar-refractivity contribution in [3.8, 4) is 0 Å². The van der Waals surface area contributed by atoms with Crippen molar-refractivity contribution >= 4 is 23.5 Å². The van der Waals surface area contributed by atoms with Gasteiger partial charge in [-0.1, -0.05) is 19.8 Å². The van der Waals surface area contributed by atoms with Crippen LogP contribution in [0, 0.1) is 11.8 Å². The van der Waals surface area contributed by atoms with Crippen molar-refractivity contribution in [2.45, 2.75) is 58.4 Å². The molecule has 1 aliphatic carbocycles. The van der Waals surface area contributed by atoms with Crippen LogP contribution in [-0.4, -0.2) is 38.9 Å². The number of hydrogen-bond acceptors (Lipinski definition) is 4. The van der Waals surface area contributed by atoms with E-state index in [1.54, 1.807) is 16.9 Å². The second-order valence-corrected chi connectivity index (χ2v) is 7.04. The Bertz CT molecular complexity index is 645. The third-order valence-corrected chi connectivity index (χ3v) is 5.44. The van der Waals surface area contributed by atoms with Crippen LogP contribution in [0.25, 0.3) is 0 Å². The van der Waals surface area contributed by atoms with Crippen molar-refractivity contribution in [3.05, 3.63) is 12.3 Å². The molecule has 1 saturated heterocycles. The largest absolute Gasteiger partial charge is 0.311 e. The number of nitrogens with zero attached hydrogens (tertiary/aromatic N) is 3. The maximum absolute atomic E-state index is 12.4. The van der Waals surface area contributed by atoms with E-state index in [2.05, 4.69) is 17.3 Å². The van der Waals surface area contributed by atoms with Crippen LogP contribution in [-0.2, 0) is 14.4 Å². The summed E-state index contributed by atoms with van der Waals surface area (Å²) in [6.45, 7) is 4.25. The minimum absolute atomic E-state index is 0.0906. The molecule has 0 spiro atoms. The third-order valence-electron chi connectivity index (χ3n) is 5.44. The molecule has 2 aliphatic rings. The minimum Gasteiger partial charge on any atom is -0.311 e. The first-order chi connectivity index (χ1) is 12.0. The maximum Gasteiger partial charge on any atom is 0.233 e. The van der Waals surface area contributed by atoms with Crippen LogP contribution in [0.2, 0.25) is 0 Å². The molecule has 3 atom stereocenters. The number of likely N-dealkylation sites (tertiary alicyclic amines) is 1. The van der Waals surface area contributed by atoms with Gasteiger partial charge in [-0.25, -0.2) is 4.68 Å². The fourth-order valence-corrected chi connectivity index (χ4v) is 3.81. The summed E-state index contributed by atoms with van der Waals surface area (Å²) < 4.78 is 1.78. The lowest BCUT2D eigenvalue weighted by molar-refractivity contribution is -0.140. The van der Waals surface area contributed by atoms with E-state index in [1.807, 2.05) is 6.92 Å². The molecule has 1 aromatic heterocycles. The lowest BCUT2D eigenvalue weighted by atomic mass is 9.81. The number of hydrogen-bond donors (Lipinski definition) is 1. The van der Waals surface area contributed by atoms with Gasteiger partial charge in [0.05, 0.1) is 24.1 Å². The van der Waals surface area contributed by atoms with Crippen molar-refractivity contribution in [3.63, 3.8) is 0 Å². The Labute approximate surface area is 147 Å². The Morgan fingerprint density at radius 2 is 1.92 bits per heavy atom. The second-order valence-electron chi connectivity index (χ2n) is 7.04. The van der Waals surface area contributed by atoms with Gasteiger partial charge in [0.1, 0.15) is 5.82 Å². The van der Waals surface area contributed by atoms with Crippen molar-refractivity contribution < 1.29 is 14.4 Å². The summed E-state index contributed by atoms with van der Waals surface area (Å²) in [7, 11) is 0.